The molecule has 0 aromatic heterocycles. The number of amides is 1. The fourth-order valence-corrected chi connectivity index (χ4v) is 2.88. The lowest BCUT2D eigenvalue weighted by atomic mass is 10.2. The van der Waals surface area contributed by atoms with Gasteiger partial charge in [0.05, 0.1) is 26.0 Å². The third kappa shape index (κ3) is 5.23. The Hall–Kier alpha value is -1.57. The molecule has 23 heavy (non-hydrogen) atoms. The predicted molar refractivity (Wildman–Crippen MR) is 91.2 cm³/mol. The molecule has 6 nitrogen and oxygen atoms in total. The number of morpholine rings is 1. The maximum Gasteiger partial charge on any atom is 0.254 e. The van der Waals surface area contributed by atoms with Crippen molar-refractivity contribution in [2.24, 2.45) is 5.10 Å². The van der Waals surface area contributed by atoms with Gasteiger partial charge < -0.3 is 9.47 Å². The number of hydrogen-bond donors (Lipinski definition) is 1. The number of carbonyl (C=O) groups is 1. The van der Waals surface area contributed by atoms with Crippen LogP contribution in [0.5, 0.6) is 5.75 Å². The highest BCUT2D eigenvalue weighted by Gasteiger charge is 2.19. The fourth-order valence-electron chi connectivity index (χ4n) is 2.32. The van der Waals surface area contributed by atoms with E-state index in [2.05, 4.69) is 15.4 Å². The van der Waals surface area contributed by atoms with Crippen LogP contribution in [-0.2, 0) is 9.53 Å². The molecule has 124 valence electrons. The normalized spacial score (nSPS) is 19.5. The number of nitrogens with zero attached hydrogens (tertiary/aromatic N) is 2. The molecular formula is C16H21N3O3S. The summed E-state index contributed by atoms with van der Waals surface area (Å²) in [6.45, 7) is 3.29. The first-order valence-electron chi connectivity index (χ1n) is 7.76. The summed E-state index contributed by atoms with van der Waals surface area (Å²) >= 11 is 1.89. The van der Waals surface area contributed by atoms with E-state index in [1.807, 2.05) is 36.0 Å². The van der Waals surface area contributed by atoms with E-state index < -0.39 is 0 Å². The maximum absolute atomic E-state index is 11.8. The standard InChI is InChI=1S/C16H21N3O3S/c20-16(10-19-4-6-21-7-5-19)18-17-9-13-2-1-3-14(8-13)22-15-11-23-12-15/h1-3,8-9,15H,4-7,10-12H2,(H,18,20). The first kappa shape index (κ1) is 16.3. The number of carbonyl (C=O) groups excluding carboxylic acids is 1. The lowest BCUT2D eigenvalue weighted by Crippen LogP contribution is -2.42. The van der Waals surface area contributed by atoms with Crippen molar-refractivity contribution in [2.75, 3.05) is 44.4 Å². The summed E-state index contributed by atoms with van der Waals surface area (Å²) < 4.78 is 11.1. The van der Waals surface area contributed by atoms with E-state index in [0.717, 1.165) is 35.9 Å². The SMILES string of the molecule is O=C(CN1CCOCC1)NN=Cc1cccc(OC2CSC2)c1. The van der Waals surface area contributed by atoms with E-state index in [4.69, 9.17) is 9.47 Å². The van der Waals surface area contributed by atoms with Gasteiger partial charge in [-0.2, -0.15) is 16.9 Å². The molecule has 0 aliphatic carbocycles. The molecule has 2 fully saturated rings. The second-order valence-corrected chi connectivity index (χ2v) is 6.61. The quantitative estimate of drug-likeness (QED) is 0.620. The molecule has 0 atom stereocenters. The van der Waals surface area contributed by atoms with Crippen LogP contribution in [0, 0.1) is 0 Å². The molecular weight excluding hydrogens is 314 g/mol. The van der Waals surface area contributed by atoms with Crippen molar-refractivity contribution < 1.29 is 14.3 Å². The Balaban J connectivity index is 1.45. The van der Waals surface area contributed by atoms with Crippen molar-refractivity contribution in [1.82, 2.24) is 10.3 Å². The minimum atomic E-state index is -0.109. The summed E-state index contributed by atoms with van der Waals surface area (Å²) in [5, 5.41) is 4.02. The van der Waals surface area contributed by atoms with Crippen LogP contribution in [-0.4, -0.2) is 67.5 Å². The molecule has 1 aromatic rings. The van der Waals surface area contributed by atoms with Crippen LogP contribution in [0.3, 0.4) is 0 Å². The predicted octanol–water partition coefficient (Wildman–Crippen LogP) is 0.963. The Morgan fingerprint density at radius 1 is 1.43 bits per heavy atom. The number of rotatable bonds is 6. The van der Waals surface area contributed by atoms with E-state index in [0.29, 0.717) is 25.9 Å². The van der Waals surface area contributed by atoms with Crippen LogP contribution in [0.4, 0.5) is 0 Å². The lowest BCUT2D eigenvalue weighted by molar-refractivity contribution is -0.123. The zero-order valence-electron chi connectivity index (χ0n) is 12.9. The van der Waals surface area contributed by atoms with Gasteiger partial charge >= 0.3 is 0 Å². The molecule has 2 saturated heterocycles. The molecule has 2 heterocycles. The highest BCUT2D eigenvalue weighted by molar-refractivity contribution is 8.00. The van der Waals surface area contributed by atoms with E-state index in [1.165, 1.54) is 0 Å². The van der Waals surface area contributed by atoms with Gasteiger partial charge in [0.1, 0.15) is 11.9 Å². The number of hydrazone groups is 1. The summed E-state index contributed by atoms with van der Waals surface area (Å²) in [6.07, 6.45) is 1.96. The Kier molecular flexibility index (Phi) is 5.90. The molecule has 0 radical (unpaired) electrons. The number of benzene rings is 1. The van der Waals surface area contributed by atoms with E-state index in [9.17, 15) is 4.79 Å². The van der Waals surface area contributed by atoms with Crippen molar-refractivity contribution >= 4 is 23.9 Å². The van der Waals surface area contributed by atoms with Crippen molar-refractivity contribution in [1.29, 1.82) is 0 Å². The second kappa shape index (κ2) is 8.33. The van der Waals surface area contributed by atoms with Crippen molar-refractivity contribution in [3.63, 3.8) is 0 Å². The highest BCUT2D eigenvalue weighted by atomic mass is 32.2. The van der Waals surface area contributed by atoms with E-state index >= 15 is 0 Å². The van der Waals surface area contributed by atoms with Gasteiger partial charge in [-0.25, -0.2) is 5.43 Å². The zero-order chi connectivity index (χ0) is 15.9. The van der Waals surface area contributed by atoms with Crippen LogP contribution >= 0.6 is 11.8 Å². The van der Waals surface area contributed by atoms with Gasteiger partial charge in [-0.15, -0.1) is 0 Å². The second-order valence-electron chi connectivity index (χ2n) is 5.53. The van der Waals surface area contributed by atoms with Crippen molar-refractivity contribution in [2.45, 2.75) is 6.10 Å². The smallest absolute Gasteiger partial charge is 0.254 e. The van der Waals surface area contributed by atoms with Gasteiger partial charge in [-0.05, 0) is 17.7 Å². The highest BCUT2D eigenvalue weighted by Crippen LogP contribution is 2.24. The third-order valence-electron chi connectivity index (χ3n) is 3.64. The van der Waals surface area contributed by atoms with Crippen LogP contribution in [0.2, 0.25) is 0 Å². The Bertz CT molecular complexity index is 557. The lowest BCUT2D eigenvalue weighted by Gasteiger charge is -2.25. The Morgan fingerprint density at radius 3 is 3.00 bits per heavy atom. The zero-order valence-corrected chi connectivity index (χ0v) is 13.8. The van der Waals surface area contributed by atoms with Crippen LogP contribution in [0.25, 0.3) is 0 Å². The molecule has 1 N–H and O–H groups in total. The van der Waals surface area contributed by atoms with Gasteiger partial charge in [-0.1, -0.05) is 12.1 Å². The fraction of sp³-hybridized carbons (Fsp3) is 0.500. The number of nitrogens with one attached hydrogen (secondary N) is 1. The van der Waals surface area contributed by atoms with Crippen molar-refractivity contribution in [3.8, 4) is 5.75 Å². The average molecular weight is 335 g/mol. The molecule has 1 amide bonds. The average Bonchev–Trinajstić information content (AvgIpc) is 2.52. The van der Waals surface area contributed by atoms with Gasteiger partial charge in [0.2, 0.25) is 0 Å². The summed E-state index contributed by atoms with van der Waals surface area (Å²) in [5.41, 5.74) is 3.47. The minimum Gasteiger partial charge on any atom is -0.489 e. The largest absolute Gasteiger partial charge is 0.489 e. The Labute approximate surface area is 140 Å². The van der Waals surface area contributed by atoms with E-state index in [1.54, 1.807) is 6.21 Å². The molecule has 0 saturated carbocycles. The molecule has 0 spiro atoms. The first-order chi connectivity index (χ1) is 11.3. The van der Waals surface area contributed by atoms with Crippen LogP contribution in [0.1, 0.15) is 5.56 Å². The summed E-state index contributed by atoms with van der Waals surface area (Å²) in [6, 6.07) is 7.73. The van der Waals surface area contributed by atoms with Gasteiger partial charge in [0.25, 0.3) is 5.91 Å². The van der Waals surface area contributed by atoms with Gasteiger partial charge in [0.15, 0.2) is 0 Å². The Morgan fingerprint density at radius 2 is 2.26 bits per heavy atom. The number of ether oxygens (including phenoxy) is 2. The van der Waals surface area contributed by atoms with Crippen LogP contribution < -0.4 is 10.2 Å². The third-order valence-corrected chi connectivity index (χ3v) is 4.86. The van der Waals surface area contributed by atoms with E-state index in [-0.39, 0.29) is 5.91 Å². The summed E-state index contributed by atoms with van der Waals surface area (Å²) in [7, 11) is 0. The first-order valence-corrected chi connectivity index (χ1v) is 8.91. The van der Waals surface area contributed by atoms with Gasteiger partial charge in [0, 0.05) is 24.6 Å². The minimum absolute atomic E-state index is 0.109. The molecule has 0 unspecified atom stereocenters. The number of thioether (sulfide) groups is 1. The monoisotopic (exact) mass is 335 g/mol. The molecule has 7 heteroatoms. The van der Waals surface area contributed by atoms with Gasteiger partial charge in [-0.3, -0.25) is 9.69 Å². The topological polar surface area (TPSA) is 63.2 Å². The summed E-state index contributed by atoms with van der Waals surface area (Å²) in [4.78, 5) is 13.9. The molecule has 2 aliphatic heterocycles. The molecule has 0 bridgehead atoms. The summed E-state index contributed by atoms with van der Waals surface area (Å²) in [5.74, 6) is 2.84. The maximum atomic E-state index is 11.8. The molecule has 2 aliphatic rings. The van der Waals surface area contributed by atoms with Crippen molar-refractivity contribution in [3.05, 3.63) is 29.8 Å². The van der Waals surface area contributed by atoms with Crippen LogP contribution in [0.15, 0.2) is 29.4 Å². The molecule has 1 aromatic carbocycles. The number of hydrogen-bond acceptors (Lipinski definition) is 6. The molecule has 3 rings (SSSR count).